The smallest absolute Gasteiger partial charge is 0.389 e. The van der Waals surface area contributed by atoms with Crippen molar-refractivity contribution < 1.29 is 17.9 Å². The van der Waals surface area contributed by atoms with Gasteiger partial charge >= 0.3 is 6.18 Å². The minimum Gasteiger partial charge on any atom is -0.494 e. The third kappa shape index (κ3) is 6.44. The van der Waals surface area contributed by atoms with Crippen LogP contribution in [0.3, 0.4) is 0 Å². The standard InChI is InChI=1S/C19H27F3O/c1-2-4-15-5-7-16(8-6-15)17-9-11-18(12-10-17)23-14-3-13-19(20,21)22/h9-12,15-16H,2-8,13-14H2,1H3/t15-,16-. The van der Waals surface area contributed by atoms with Crippen LogP contribution < -0.4 is 4.74 Å². The van der Waals surface area contributed by atoms with Crippen LogP contribution >= 0.6 is 0 Å². The quantitative estimate of drug-likeness (QED) is 0.520. The zero-order chi connectivity index (χ0) is 16.7. The molecular formula is C19H27F3O. The molecule has 0 aromatic heterocycles. The van der Waals surface area contributed by atoms with Gasteiger partial charge in [0.1, 0.15) is 5.75 Å². The molecule has 0 saturated heterocycles. The fraction of sp³-hybridized carbons (Fsp3) is 0.684. The molecule has 0 N–H and O–H groups in total. The van der Waals surface area contributed by atoms with Gasteiger partial charge in [-0.1, -0.05) is 31.9 Å². The Bertz CT molecular complexity index is 445. The molecule has 0 bridgehead atoms. The van der Waals surface area contributed by atoms with Gasteiger partial charge in [0, 0.05) is 6.42 Å². The van der Waals surface area contributed by atoms with Crippen molar-refractivity contribution in [1.29, 1.82) is 0 Å². The van der Waals surface area contributed by atoms with Crippen LogP contribution in [0.5, 0.6) is 5.75 Å². The Morgan fingerprint density at radius 2 is 1.70 bits per heavy atom. The van der Waals surface area contributed by atoms with Crippen LogP contribution in [0.2, 0.25) is 0 Å². The zero-order valence-electron chi connectivity index (χ0n) is 13.9. The highest BCUT2D eigenvalue weighted by Crippen LogP contribution is 2.37. The van der Waals surface area contributed by atoms with Crippen molar-refractivity contribution >= 4 is 0 Å². The summed E-state index contributed by atoms with van der Waals surface area (Å²) in [6.07, 6.45) is 2.87. The van der Waals surface area contributed by atoms with E-state index in [9.17, 15) is 13.2 Å². The maximum absolute atomic E-state index is 12.1. The summed E-state index contributed by atoms with van der Waals surface area (Å²) in [5.74, 6) is 2.19. The van der Waals surface area contributed by atoms with E-state index in [4.69, 9.17) is 4.74 Å². The number of alkyl halides is 3. The first-order chi connectivity index (χ1) is 11.0. The fourth-order valence-electron chi connectivity index (χ4n) is 3.49. The number of benzene rings is 1. The van der Waals surface area contributed by atoms with Crippen LogP contribution in [0.15, 0.2) is 24.3 Å². The number of hydrogen-bond donors (Lipinski definition) is 0. The SMILES string of the molecule is CCC[C@H]1CC[C@H](c2ccc(OCCCC(F)(F)F)cc2)CC1. The van der Waals surface area contributed by atoms with Crippen LogP contribution in [-0.4, -0.2) is 12.8 Å². The lowest BCUT2D eigenvalue weighted by atomic mass is 9.77. The Morgan fingerprint density at radius 1 is 1.04 bits per heavy atom. The Kier molecular flexibility index (Phi) is 6.79. The molecule has 1 saturated carbocycles. The molecule has 1 aromatic carbocycles. The summed E-state index contributed by atoms with van der Waals surface area (Å²) in [4.78, 5) is 0. The predicted molar refractivity (Wildman–Crippen MR) is 86.8 cm³/mol. The van der Waals surface area contributed by atoms with Gasteiger partial charge in [-0.15, -0.1) is 0 Å². The molecule has 4 heteroatoms. The summed E-state index contributed by atoms with van der Waals surface area (Å²) in [5.41, 5.74) is 1.34. The number of ether oxygens (including phenoxy) is 1. The monoisotopic (exact) mass is 328 g/mol. The van der Waals surface area contributed by atoms with E-state index < -0.39 is 12.6 Å². The van der Waals surface area contributed by atoms with Gasteiger partial charge in [0.2, 0.25) is 0 Å². The second-order valence-electron chi connectivity index (χ2n) is 6.64. The average molecular weight is 328 g/mol. The normalized spacial score (nSPS) is 22.1. The van der Waals surface area contributed by atoms with E-state index in [2.05, 4.69) is 19.1 Å². The fourth-order valence-corrected chi connectivity index (χ4v) is 3.49. The van der Waals surface area contributed by atoms with Gasteiger partial charge in [-0.05, 0) is 61.6 Å². The lowest BCUT2D eigenvalue weighted by Gasteiger charge is -2.28. The van der Waals surface area contributed by atoms with Crippen molar-refractivity contribution in [3.05, 3.63) is 29.8 Å². The summed E-state index contributed by atoms with van der Waals surface area (Å²) in [5, 5.41) is 0. The van der Waals surface area contributed by atoms with Gasteiger partial charge in [-0.3, -0.25) is 0 Å². The molecule has 2 rings (SSSR count). The van der Waals surface area contributed by atoms with E-state index in [-0.39, 0.29) is 13.0 Å². The van der Waals surface area contributed by atoms with Gasteiger partial charge in [0.15, 0.2) is 0 Å². The molecule has 0 atom stereocenters. The maximum Gasteiger partial charge on any atom is 0.389 e. The Morgan fingerprint density at radius 3 is 2.26 bits per heavy atom. The van der Waals surface area contributed by atoms with E-state index in [1.807, 2.05) is 12.1 Å². The van der Waals surface area contributed by atoms with Gasteiger partial charge in [0.25, 0.3) is 0 Å². The van der Waals surface area contributed by atoms with Crippen LogP contribution in [0.4, 0.5) is 13.2 Å². The van der Waals surface area contributed by atoms with E-state index in [1.54, 1.807) is 0 Å². The van der Waals surface area contributed by atoms with Crippen LogP contribution in [-0.2, 0) is 0 Å². The van der Waals surface area contributed by atoms with Crippen molar-refractivity contribution in [3.8, 4) is 5.75 Å². The lowest BCUT2D eigenvalue weighted by Crippen LogP contribution is -2.13. The predicted octanol–water partition coefficient (Wildman–Crippen LogP) is 6.48. The van der Waals surface area contributed by atoms with Gasteiger partial charge in [-0.2, -0.15) is 13.2 Å². The van der Waals surface area contributed by atoms with Crippen molar-refractivity contribution in [3.63, 3.8) is 0 Å². The molecule has 0 unspecified atom stereocenters. The van der Waals surface area contributed by atoms with E-state index >= 15 is 0 Å². The van der Waals surface area contributed by atoms with Crippen molar-refractivity contribution in [2.45, 2.75) is 70.4 Å². The molecule has 0 aliphatic heterocycles. The summed E-state index contributed by atoms with van der Waals surface area (Å²) in [6.45, 7) is 2.36. The molecule has 1 aliphatic rings. The molecule has 1 fully saturated rings. The summed E-state index contributed by atoms with van der Waals surface area (Å²) >= 11 is 0. The Labute approximate surface area is 137 Å². The van der Waals surface area contributed by atoms with E-state index in [1.165, 1.54) is 44.1 Å². The highest BCUT2D eigenvalue weighted by atomic mass is 19.4. The Hall–Kier alpha value is -1.19. The molecule has 0 radical (unpaired) electrons. The second-order valence-corrected chi connectivity index (χ2v) is 6.64. The first-order valence-corrected chi connectivity index (χ1v) is 8.77. The molecule has 130 valence electrons. The van der Waals surface area contributed by atoms with Crippen LogP contribution in [0, 0.1) is 5.92 Å². The molecule has 0 amide bonds. The van der Waals surface area contributed by atoms with E-state index in [0.717, 1.165) is 5.92 Å². The van der Waals surface area contributed by atoms with E-state index in [0.29, 0.717) is 11.7 Å². The average Bonchev–Trinajstić information content (AvgIpc) is 2.52. The third-order valence-corrected chi connectivity index (χ3v) is 4.77. The molecule has 1 aromatic rings. The van der Waals surface area contributed by atoms with Crippen LogP contribution in [0.1, 0.15) is 69.8 Å². The van der Waals surface area contributed by atoms with Gasteiger partial charge < -0.3 is 4.74 Å². The zero-order valence-corrected chi connectivity index (χ0v) is 13.9. The van der Waals surface area contributed by atoms with Crippen molar-refractivity contribution in [2.75, 3.05) is 6.61 Å². The number of hydrogen-bond acceptors (Lipinski definition) is 1. The minimum absolute atomic E-state index is 0.00664. The second kappa shape index (κ2) is 8.60. The minimum atomic E-state index is -4.09. The topological polar surface area (TPSA) is 9.23 Å². The lowest BCUT2D eigenvalue weighted by molar-refractivity contribution is -0.136. The first-order valence-electron chi connectivity index (χ1n) is 8.77. The summed E-state index contributed by atoms with van der Waals surface area (Å²) < 4.78 is 41.6. The first kappa shape index (κ1) is 18.2. The maximum atomic E-state index is 12.1. The highest BCUT2D eigenvalue weighted by Gasteiger charge is 2.26. The molecule has 0 spiro atoms. The molecule has 1 aliphatic carbocycles. The summed E-state index contributed by atoms with van der Waals surface area (Å²) in [6, 6.07) is 7.93. The van der Waals surface area contributed by atoms with Crippen LogP contribution in [0.25, 0.3) is 0 Å². The largest absolute Gasteiger partial charge is 0.494 e. The number of halogens is 3. The van der Waals surface area contributed by atoms with Gasteiger partial charge in [-0.25, -0.2) is 0 Å². The molecular weight excluding hydrogens is 301 g/mol. The Balaban J connectivity index is 1.74. The molecule has 0 heterocycles. The summed E-state index contributed by atoms with van der Waals surface area (Å²) in [7, 11) is 0. The van der Waals surface area contributed by atoms with Crippen molar-refractivity contribution in [1.82, 2.24) is 0 Å². The van der Waals surface area contributed by atoms with Crippen molar-refractivity contribution in [2.24, 2.45) is 5.92 Å². The number of rotatable bonds is 7. The van der Waals surface area contributed by atoms with Gasteiger partial charge in [0.05, 0.1) is 6.61 Å². The molecule has 1 nitrogen and oxygen atoms in total. The molecule has 23 heavy (non-hydrogen) atoms. The highest BCUT2D eigenvalue weighted by molar-refractivity contribution is 5.29. The third-order valence-electron chi connectivity index (χ3n) is 4.77.